The molecule has 4 nitrogen and oxygen atoms in total. The molecule has 1 amide bonds. The van der Waals surface area contributed by atoms with Crippen LogP contribution >= 0.6 is 0 Å². The number of carbonyl (C=O) groups is 2. The molecule has 0 aromatic heterocycles. The normalized spacial score (nSPS) is 19.9. The smallest absolute Gasteiger partial charge is 0.308 e. The molecule has 0 saturated carbocycles. The van der Waals surface area contributed by atoms with Gasteiger partial charge in [0.15, 0.2) is 0 Å². The minimum absolute atomic E-state index is 0.107. The quantitative estimate of drug-likeness (QED) is 0.919. The van der Waals surface area contributed by atoms with Crippen molar-refractivity contribution < 1.29 is 19.1 Å². The van der Waals surface area contributed by atoms with Gasteiger partial charge in [-0.3, -0.25) is 9.59 Å². The van der Waals surface area contributed by atoms with Crippen LogP contribution in [0.1, 0.15) is 31.2 Å². The molecule has 2 rings (SSSR count). The predicted molar refractivity (Wildman–Crippen MR) is 71.8 cm³/mol. The number of amides is 1. The zero-order valence-corrected chi connectivity index (χ0v) is 11.4. The van der Waals surface area contributed by atoms with Crippen molar-refractivity contribution >= 4 is 11.9 Å². The van der Waals surface area contributed by atoms with Crippen LogP contribution in [-0.2, 0) is 9.59 Å². The molecule has 1 fully saturated rings. The number of nitrogens with zero attached hydrogens (tertiary/aromatic N) is 1. The number of carbonyl (C=O) groups excluding carboxylic acids is 1. The fourth-order valence-corrected chi connectivity index (χ4v) is 2.56. The maximum atomic E-state index is 13.6. The second-order valence-electron chi connectivity index (χ2n) is 5.29. The van der Waals surface area contributed by atoms with E-state index in [2.05, 4.69) is 0 Å². The first-order chi connectivity index (χ1) is 9.49. The first kappa shape index (κ1) is 14.5. The van der Waals surface area contributed by atoms with Crippen molar-refractivity contribution in [3.8, 4) is 0 Å². The van der Waals surface area contributed by atoms with Gasteiger partial charge in [0.1, 0.15) is 5.82 Å². The lowest BCUT2D eigenvalue weighted by atomic mass is 9.96. The minimum Gasteiger partial charge on any atom is -0.481 e. The maximum Gasteiger partial charge on any atom is 0.308 e. The first-order valence-corrected chi connectivity index (χ1v) is 6.74. The van der Waals surface area contributed by atoms with Crippen molar-refractivity contribution in [2.75, 3.05) is 13.1 Å². The second kappa shape index (κ2) is 6.03. The number of rotatable bonds is 4. The maximum absolute atomic E-state index is 13.6. The molecule has 1 heterocycles. The number of likely N-dealkylation sites (tertiary alicyclic amines) is 1. The van der Waals surface area contributed by atoms with Gasteiger partial charge < -0.3 is 10.0 Å². The topological polar surface area (TPSA) is 57.6 Å². The van der Waals surface area contributed by atoms with Crippen molar-refractivity contribution in [2.24, 2.45) is 5.92 Å². The van der Waals surface area contributed by atoms with Crippen LogP contribution in [0, 0.1) is 11.7 Å². The highest BCUT2D eigenvalue weighted by Crippen LogP contribution is 2.24. The molecule has 20 heavy (non-hydrogen) atoms. The van der Waals surface area contributed by atoms with Gasteiger partial charge in [0.05, 0.1) is 5.92 Å². The Bertz CT molecular complexity index is 518. The third-order valence-electron chi connectivity index (χ3n) is 3.81. The predicted octanol–water partition coefficient (Wildman–Crippen LogP) is 2.25. The summed E-state index contributed by atoms with van der Waals surface area (Å²) in [7, 11) is 0. The van der Waals surface area contributed by atoms with Gasteiger partial charge in [-0.15, -0.1) is 0 Å². The van der Waals surface area contributed by atoms with E-state index in [1.54, 1.807) is 30.0 Å². The van der Waals surface area contributed by atoms with Crippen molar-refractivity contribution in [3.63, 3.8) is 0 Å². The Morgan fingerprint density at radius 3 is 2.75 bits per heavy atom. The Morgan fingerprint density at radius 2 is 2.15 bits per heavy atom. The molecule has 0 aliphatic carbocycles. The molecule has 2 atom stereocenters. The van der Waals surface area contributed by atoms with Gasteiger partial charge in [0, 0.05) is 19.5 Å². The van der Waals surface area contributed by atoms with Gasteiger partial charge in [-0.25, -0.2) is 4.39 Å². The summed E-state index contributed by atoms with van der Waals surface area (Å²) in [5.74, 6) is -1.96. The molecule has 5 heteroatoms. The van der Waals surface area contributed by atoms with E-state index in [1.165, 1.54) is 6.07 Å². The summed E-state index contributed by atoms with van der Waals surface area (Å²) in [4.78, 5) is 24.6. The number of aliphatic carboxylic acids is 1. The minimum atomic E-state index is -0.859. The van der Waals surface area contributed by atoms with Crippen LogP contribution in [0.3, 0.4) is 0 Å². The summed E-state index contributed by atoms with van der Waals surface area (Å²) in [5.41, 5.74) is 0.523. The summed E-state index contributed by atoms with van der Waals surface area (Å²) >= 11 is 0. The van der Waals surface area contributed by atoms with Crippen molar-refractivity contribution in [1.82, 2.24) is 4.90 Å². The molecule has 0 spiro atoms. The number of hydrogen-bond donors (Lipinski definition) is 1. The highest BCUT2D eigenvalue weighted by Gasteiger charge is 2.31. The number of benzene rings is 1. The molecule has 0 unspecified atom stereocenters. The number of carboxylic acid groups (broad SMARTS) is 1. The molecule has 1 aromatic carbocycles. The van der Waals surface area contributed by atoms with Gasteiger partial charge in [-0.1, -0.05) is 25.1 Å². The number of carboxylic acids is 1. The molecule has 1 saturated heterocycles. The zero-order chi connectivity index (χ0) is 14.7. The third kappa shape index (κ3) is 3.15. The van der Waals surface area contributed by atoms with E-state index in [-0.39, 0.29) is 30.6 Å². The highest BCUT2D eigenvalue weighted by atomic mass is 19.1. The molecule has 108 valence electrons. The van der Waals surface area contributed by atoms with Crippen LogP contribution in [0.2, 0.25) is 0 Å². The summed E-state index contributed by atoms with van der Waals surface area (Å²) < 4.78 is 13.6. The second-order valence-corrected chi connectivity index (χ2v) is 5.29. The van der Waals surface area contributed by atoms with Gasteiger partial charge in [-0.05, 0) is 24.0 Å². The van der Waals surface area contributed by atoms with Gasteiger partial charge in [0.25, 0.3) is 0 Å². The Hall–Kier alpha value is -1.91. The van der Waals surface area contributed by atoms with E-state index in [4.69, 9.17) is 5.11 Å². The summed E-state index contributed by atoms with van der Waals surface area (Å²) in [5, 5.41) is 8.92. The van der Waals surface area contributed by atoms with Crippen molar-refractivity contribution in [2.45, 2.75) is 25.7 Å². The van der Waals surface area contributed by atoms with E-state index in [0.717, 1.165) is 0 Å². The van der Waals surface area contributed by atoms with Crippen LogP contribution in [0.15, 0.2) is 24.3 Å². The number of hydrogen-bond acceptors (Lipinski definition) is 2. The van der Waals surface area contributed by atoms with E-state index < -0.39 is 11.9 Å². The van der Waals surface area contributed by atoms with E-state index in [0.29, 0.717) is 18.5 Å². The van der Waals surface area contributed by atoms with E-state index in [1.807, 2.05) is 0 Å². The molecule has 1 N–H and O–H groups in total. The molecular weight excluding hydrogens is 261 g/mol. The molecule has 0 bridgehead atoms. The monoisotopic (exact) mass is 279 g/mol. The first-order valence-electron chi connectivity index (χ1n) is 6.74. The molecule has 0 radical (unpaired) electrons. The van der Waals surface area contributed by atoms with Gasteiger partial charge >= 0.3 is 5.97 Å². The number of halogens is 1. The molecule has 1 aliphatic heterocycles. The third-order valence-corrected chi connectivity index (χ3v) is 3.81. The van der Waals surface area contributed by atoms with E-state index in [9.17, 15) is 14.0 Å². The average molecular weight is 279 g/mol. The molecule has 1 aliphatic rings. The van der Waals surface area contributed by atoms with Crippen LogP contribution in [0.5, 0.6) is 0 Å². The van der Waals surface area contributed by atoms with Gasteiger partial charge in [0.2, 0.25) is 5.91 Å². The van der Waals surface area contributed by atoms with Crippen molar-refractivity contribution in [3.05, 3.63) is 35.6 Å². The Balaban J connectivity index is 1.95. The Kier molecular flexibility index (Phi) is 4.37. The summed E-state index contributed by atoms with van der Waals surface area (Å²) in [6, 6.07) is 6.42. The lowest BCUT2D eigenvalue weighted by molar-refractivity contribution is -0.141. The Morgan fingerprint density at radius 1 is 1.45 bits per heavy atom. The van der Waals surface area contributed by atoms with Crippen LogP contribution in [-0.4, -0.2) is 35.0 Å². The largest absolute Gasteiger partial charge is 0.481 e. The Labute approximate surface area is 117 Å². The summed E-state index contributed by atoms with van der Waals surface area (Å²) in [6.45, 7) is 2.54. The molecular formula is C15H18FNO3. The highest BCUT2D eigenvalue weighted by molar-refractivity contribution is 5.79. The van der Waals surface area contributed by atoms with Gasteiger partial charge in [-0.2, -0.15) is 0 Å². The lowest BCUT2D eigenvalue weighted by Crippen LogP contribution is -2.30. The lowest BCUT2D eigenvalue weighted by Gasteiger charge is -2.19. The average Bonchev–Trinajstić information content (AvgIpc) is 2.88. The van der Waals surface area contributed by atoms with Crippen molar-refractivity contribution in [1.29, 1.82) is 0 Å². The van der Waals surface area contributed by atoms with Crippen LogP contribution in [0.4, 0.5) is 4.39 Å². The van der Waals surface area contributed by atoms with E-state index >= 15 is 0 Å². The fourth-order valence-electron chi connectivity index (χ4n) is 2.56. The molecule has 1 aromatic rings. The van der Waals surface area contributed by atoms with Crippen LogP contribution < -0.4 is 0 Å². The van der Waals surface area contributed by atoms with Crippen LogP contribution in [0.25, 0.3) is 0 Å². The SMILES string of the molecule is C[C@@H](CC(=O)N1CC[C@@H](C(=O)O)C1)c1ccccc1F. The zero-order valence-electron chi connectivity index (χ0n) is 11.4. The fraction of sp³-hybridized carbons (Fsp3) is 0.467. The standard InChI is InChI=1S/C15H18FNO3/c1-10(12-4-2-3-5-13(12)16)8-14(18)17-7-6-11(9-17)15(19)20/h2-5,10-11H,6-9H2,1H3,(H,19,20)/t10-,11+/m0/s1. The summed E-state index contributed by atoms with van der Waals surface area (Å²) in [6.07, 6.45) is 0.697.